The Balaban J connectivity index is 1.85. The first-order valence-electron chi connectivity index (χ1n) is 7.47. The van der Waals surface area contributed by atoms with Crippen LogP contribution in [0, 0.1) is 5.92 Å². The van der Waals surface area contributed by atoms with E-state index in [2.05, 4.69) is 18.7 Å². The third-order valence-corrected chi connectivity index (χ3v) is 3.81. The number of urea groups is 1. The Hall–Kier alpha value is -1.30. The molecular formula is C14H25N3O3. The van der Waals surface area contributed by atoms with E-state index in [-0.39, 0.29) is 18.6 Å². The average Bonchev–Trinajstić information content (AvgIpc) is 3.19. The lowest BCUT2D eigenvalue weighted by Gasteiger charge is -2.37. The van der Waals surface area contributed by atoms with E-state index in [1.807, 2.05) is 0 Å². The van der Waals surface area contributed by atoms with Gasteiger partial charge >= 0.3 is 12.0 Å². The molecule has 0 aromatic carbocycles. The van der Waals surface area contributed by atoms with E-state index in [0.29, 0.717) is 19.0 Å². The maximum absolute atomic E-state index is 12.4. The van der Waals surface area contributed by atoms with Crippen LogP contribution in [0.15, 0.2) is 0 Å². The van der Waals surface area contributed by atoms with Gasteiger partial charge < -0.3 is 14.9 Å². The van der Waals surface area contributed by atoms with Gasteiger partial charge in [-0.05, 0) is 18.8 Å². The molecule has 1 heterocycles. The fourth-order valence-corrected chi connectivity index (χ4v) is 2.70. The van der Waals surface area contributed by atoms with E-state index in [1.165, 1.54) is 4.90 Å². The number of piperazine rings is 1. The van der Waals surface area contributed by atoms with Crippen molar-refractivity contribution >= 4 is 12.0 Å². The van der Waals surface area contributed by atoms with Crippen molar-refractivity contribution in [3.63, 3.8) is 0 Å². The fourth-order valence-electron chi connectivity index (χ4n) is 2.70. The molecule has 1 saturated carbocycles. The van der Waals surface area contributed by atoms with Crippen LogP contribution in [0.1, 0.15) is 26.7 Å². The first-order chi connectivity index (χ1) is 9.47. The number of carboxylic acid groups (broad SMARTS) is 1. The van der Waals surface area contributed by atoms with Gasteiger partial charge in [0.1, 0.15) is 6.54 Å². The molecule has 0 unspecified atom stereocenters. The van der Waals surface area contributed by atoms with Gasteiger partial charge in [-0.1, -0.05) is 13.8 Å². The standard InChI is InChI=1S/C14H25N3O3/c1-11(2)9-15-5-7-16(8-6-15)14(20)17(10-13(18)19)12-3-4-12/h11-12H,3-10H2,1-2H3,(H,18,19). The maximum atomic E-state index is 12.4. The molecule has 1 aliphatic heterocycles. The Morgan fingerprint density at radius 2 is 1.80 bits per heavy atom. The number of hydrogen-bond donors (Lipinski definition) is 1. The molecule has 6 heteroatoms. The van der Waals surface area contributed by atoms with Crippen molar-refractivity contribution in [2.75, 3.05) is 39.3 Å². The quantitative estimate of drug-likeness (QED) is 0.815. The van der Waals surface area contributed by atoms with Crippen LogP contribution in [0.2, 0.25) is 0 Å². The largest absolute Gasteiger partial charge is 0.480 e. The highest BCUT2D eigenvalue weighted by molar-refractivity contribution is 5.80. The number of nitrogens with zero attached hydrogens (tertiary/aromatic N) is 3. The number of hydrogen-bond acceptors (Lipinski definition) is 3. The van der Waals surface area contributed by atoms with E-state index in [4.69, 9.17) is 5.11 Å². The summed E-state index contributed by atoms with van der Waals surface area (Å²) in [5, 5.41) is 8.93. The highest BCUT2D eigenvalue weighted by Crippen LogP contribution is 2.27. The summed E-state index contributed by atoms with van der Waals surface area (Å²) in [6.07, 6.45) is 1.87. The number of amides is 2. The maximum Gasteiger partial charge on any atom is 0.323 e. The molecule has 1 aliphatic carbocycles. The smallest absolute Gasteiger partial charge is 0.323 e. The Morgan fingerprint density at radius 3 is 2.25 bits per heavy atom. The number of carboxylic acids is 1. The molecule has 114 valence electrons. The summed E-state index contributed by atoms with van der Waals surface area (Å²) in [6, 6.07) is 0.0476. The fraction of sp³-hybridized carbons (Fsp3) is 0.857. The third kappa shape index (κ3) is 4.10. The molecule has 0 atom stereocenters. The summed E-state index contributed by atoms with van der Waals surface area (Å²) in [5.74, 6) is -0.295. The molecule has 0 spiro atoms. The van der Waals surface area contributed by atoms with Crippen LogP contribution in [0.25, 0.3) is 0 Å². The summed E-state index contributed by atoms with van der Waals surface area (Å²) >= 11 is 0. The molecule has 20 heavy (non-hydrogen) atoms. The minimum absolute atomic E-state index is 0.0981. The summed E-state index contributed by atoms with van der Waals surface area (Å²) in [7, 11) is 0. The van der Waals surface area contributed by atoms with Gasteiger partial charge in [0.2, 0.25) is 0 Å². The SMILES string of the molecule is CC(C)CN1CCN(C(=O)N(CC(=O)O)C2CC2)CC1. The van der Waals surface area contributed by atoms with Crippen molar-refractivity contribution in [2.45, 2.75) is 32.7 Å². The van der Waals surface area contributed by atoms with Gasteiger partial charge in [-0.15, -0.1) is 0 Å². The van der Waals surface area contributed by atoms with Gasteiger partial charge in [0.25, 0.3) is 0 Å². The molecule has 0 radical (unpaired) electrons. The van der Waals surface area contributed by atoms with Crippen molar-refractivity contribution in [2.24, 2.45) is 5.92 Å². The van der Waals surface area contributed by atoms with E-state index >= 15 is 0 Å². The monoisotopic (exact) mass is 283 g/mol. The number of carbonyl (C=O) groups excluding carboxylic acids is 1. The second kappa shape index (κ2) is 6.43. The number of aliphatic carboxylic acids is 1. The Morgan fingerprint density at radius 1 is 1.20 bits per heavy atom. The first-order valence-corrected chi connectivity index (χ1v) is 7.47. The molecule has 0 bridgehead atoms. The van der Waals surface area contributed by atoms with Crippen molar-refractivity contribution in [1.82, 2.24) is 14.7 Å². The van der Waals surface area contributed by atoms with E-state index in [1.54, 1.807) is 4.90 Å². The summed E-state index contributed by atoms with van der Waals surface area (Å²) in [6.45, 7) is 8.45. The summed E-state index contributed by atoms with van der Waals surface area (Å²) < 4.78 is 0. The zero-order valence-electron chi connectivity index (χ0n) is 12.4. The third-order valence-electron chi connectivity index (χ3n) is 3.81. The highest BCUT2D eigenvalue weighted by atomic mass is 16.4. The Labute approximate surface area is 120 Å². The molecule has 0 aromatic heterocycles. The van der Waals surface area contributed by atoms with Crippen LogP contribution >= 0.6 is 0 Å². The van der Waals surface area contributed by atoms with Gasteiger partial charge in [-0.3, -0.25) is 9.69 Å². The van der Waals surface area contributed by atoms with E-state index in [0.717, 1.165) is 32.5 Å². The second-order valence-electron chi connectivity index (χ2n) is 6.22. The Kier molecular flexibility index (Phi) is 4.86. The lowest BCUT2D eigenvalue weighted by Crippen LogP contribution is -2.54. The molecule has 1 N–H and O–H groups in total. The number of rotatable bonds is 5. The molecule has 0 aromatic rings. The van der Waals surface area contributed by atoms with E-state index < -0.39 is 5.97 Å². The average molecular weight is 283 g/mol. The highest BCUT2D eigenvalue weighted by Gasteiger charge is 2.36. The van der Waals surface area contributed by atoms with Crippen molar-refractivity contribution in [3.05, 3.63) is 0 Å². The van der Waals surface area contributed by atoms with Crippen LogP contribution < -0.4 is 0 Å². The van der Waals surface area contributed by atoms with Crippen LogP contribution in [0.3, 0.4) is 0 Å². The van der Waals surface area contributed by atoms with Crippen LogP contribution in [-0.4, -0.2) is 77.1 Å². The van der Waals surface area contributed by atoms with Gasteiger partial charge in [-0.2, -0.15) is 0 Å². The predicted molar refractivity (Wildman–Crippen MR) is 75.6 cm³/mol. The molecule has 2 fully saturated rings. The minimum Gasteiger partial charge on any atom is -0.480 e. The van der Waals surface area contributed by atoms with Crippen LogP contribution in [0.4, 0.5) is 4.79 Å². The predicted octanol–water partition coefficient (Wildman–Crippen LogP) is 0.929. The number of carbonyl (C=O) groups is 2. The zero-order valence-corrected chi connectivity index (χ0v) is 12.4. The first kappa shape index (κ1) is 15.1. The normalized spacial score (nSPS) is 20.2. The van der Waals surface area contributed by atoms with E-state index in [9.17, 15) is 9.59 Å². The summed E-state index contributed by atoms with van der Waals surface area (Å²) in [5.41, 5.74) is 0. The van der Waals surface area contributed by atoms with Gasteiger partial charge in [-0.25, -0.2) is 4.79 Å². The summed E-state index contributed by atoms with van der Waals surface area (Å²) in [4.78, 5) is 29.0. The van der Waals surface area contributed by atoms with Crippen molar-refractivity contribution in [1.29, 1.82) is 0 Å². The molecule has 2 rings (SSSR count). The zero-order chi connectivity index (χ0) is 14.7. The molecule has 6 nitrogen and oxygen atoms in total. The van der Waals surface area contributed by atoms with Crippen LogP contribution in [-0.2, 0) is 4.79 Å². The minimum atomic E-state index is -0.927. The van der Waals surface area contributed by atoms with Crippen LogP contribution in [0.5, 0.6) is 0 Å². The topological polar surface area (TPSA) is 64.1 Å². The van der Waals surface area contributed by atoms with Gasteiger partial charge in [0.05, 0.1) is 0 Å². The molecule has 1 saturated heterocycles. The van der Waals surface area contributed by atoms with Crippen molar-refractivity contribution < 1.29 is 14.7 Å². The van der Waals surface area contributed by atoms with Gasteiger partial charge in [0, 0.05) is 38.8 Å². The lowest BCUT2D eigenvalue weighted by molar-refractivity contribution is -0.137. The Bertz CT molecular complexity index is 361. The lowest BCUT2D eigenvalue weighted by atomic mass is 10.2. The molecular weight excluding hydrogens is 258 g/mol. The van der Waals surface area contributed by atoms with Gasteiger partial charge in [0.15, 0.2) is 0 Å². The molecule has 2 aliphatic rings. The molecule has 2 amide bonds. The van der Waals surface area contributed by atoms with Crippen molar-refractivity contribution in [3.8, 4) is 0 Å². The second-order valence-corrected chi connectivity index (χ2v) is 6.22.